The second-order valence-corrected chi connectivity index (χ2v) is 10.9. The Hall–Kier alpha value is -3.02. The van der Waals surface area contributed by atoms with E-state index < -0.39 is 0 Å². The van der Waals surface area contributed by atoms with E-state index in [0.29, 0.717) is 32.0 Å². The lowest BCUT2D eigenvalue weighted by atomic mass is 9.49. The van der Waals surface area contributed by atoms with Crippen molar-refractivity contribution >= 4 is 16.9 Å². The Balaban J connectivity index is 1.12. The minimum Gasteiger partial charge on any atom is -0.493 e. The molecule has 0 saturated heterocycles. The van der Waals surface area contributed by atoms with E-state index >= 15 is 0 Å². The molecule has 2 aromatic carbocycles. The summed E-state index contributed by atoms with van der Waals surface area (Å²) in [6, 6.07) is 15.9. The van der Waals surface area contributed by atoms with Crippen LogP contribution in [-0.4, -0.2) is 35.7 Å². The third kappa shape index (κ3) is 4.28. The molecular weight excluding hydrogens is 438 g/mol. The van der Waals surface area contributed by atoms with Gasteiger partial charge in [0.2, 0.25) is 5.91 Å². The molecular formula is C29H35N3O3. The van der Waals surface area contributed by atoms with Crippen molar-refractivity contribution in [1.82, 2.24) is 14.9 Å². The van der Waals surface area contributed by atoms with Gasteiger partial charge in [-0.1, -0.05) is 24.3 Å². The first-order valence-electron chi connectivity index (χ1n) is 13.1. The molecule has 6 nitrogen and oxygen atoms in total. The zero-order valence-corrected chi connectivity index (χ0v) is 20.5. The average Bonchev–Trinajstić information content (AvgIpc) is 3.21. The Morgan fingerprint density at radius 1 is 1.00 bits per heavy atom. The average molecular weight is 474 g/mol. The lowest BCUT2D eigenvalue weighted by Crippen LogP contribution is -2.53. The number of carbonyl (C=O) groups is 1. The highest BCUT2D eigenvalue weighted by atomic mass is 16.5. The van der Waals surface area contributed by atoms with E-state index in [1.807, 2.05) is 42.5 Å². The number of benzene rings is 2. The molecule has 4 saturated carbocycles. The van der Waals surface area contributed by atoms with E-state index in [4.69, 9.17) is 14.5 Å². The predicted molar refractivity (Wildman–Crippen MR) is 136 cm³/mol. The second kappa shape index (κ2) is 9.21. The van der Waals surface area contributed by atoms with Crippen molar-refractivity contribution in [3.8, 4) is 11.5 Å². The van der Waals surface area contributed by atoms with Gasteiger partial charge < -0.3 is 19.4 Å². The van der Waals surface area contributed by atoms with E-state index in [0.717, 1.165) is 65.4 Å². The molecule has 4 aliphatic rings. The molecule has 4 aliphatic carbocycles. The summed E-state index contributed by atoms with van der Waals surface area (Å²) in [5.74, 6) is 5.08. The topological polar surface area (TPSA) is 65.4 Å². The van der Waals surface area contributed by atoms with E-state index in [9.17, 15) is 4.79 Å². The molecule has 1 N–H and O–H groups in total. The number of fused-ring (bicyclic) bond motifs is 1. The third-order valence-corrected chi connectivity index (χ3v) is 8.53. The molecule has 1 aromatic heterocycles. The maximum Gasteiger partial charge on any atom is 0.226 e. The molecule has 0 spiro atoms. The Labute approximate surface area is 207 Å². The number of imidazole rings is 1. The molecule has 0 radical (unpaired) electrons. The van der Waals surface area contributed by atoms with Gasteiger partial charge in [-0.2, -0.15) is 0 Å². The second-order valence-electron chi connectivity index (χ2n) is 10.9. The number of aromatic nitrogens is 2. The monoisotopic (exact) mass is 473 g/mol. The van der Waals surface area contributed by atoms with Crippen molar-refractivity contribution in [2.45, 2.75) is 51.5 Å². The van der Waals surface area contributed by atoms with Crippen LogP contribution in [0, 0.1) is 23.2 Å². The van der Waals surface area contributed by atoms with Gasteiger partial charge in [0, 0.05) is 18.4 Å². The smallest absolute Gasteiger partial charge is 0.226 e. The van der Waals surface area contributed by atoms with Crippen LogP contribution < -0.4 is 14.8 Å². The lowest BCUT2D eigenvalue weighted by Gasteiger charge is -2.55. The summed E-state index contributed by atoms with van der Waals surface area (Å²) < 4.78 is 13.7. The first-order valence-corrected chi connectivity index (χ1v) is 13.1. The summed E-state index contributed by atoms with van der Waals surface area (Å²) in [6.07, 6.45) is 8.08. The minimum atomic E-state index is -0.0997. The number of ether oxygens (including phenoxy) is 2. The molecule has 1 amide bonds. The quantitative estimate of drug-likeness (QED) is 0.475. The number of rotatable bonds is 9. The Bertz CT molecular complexity index is 1180. The highest BCUT2D eigenvalue weighted by Gasteiger charge is 2.54. The molecule has 4 bridgehead atoms. The molecule has 1 heterocycles. The molecule has 6 heteroatoms. The standard InChI is InChI=1S/C29H35N3O3/c1-34-25-8-4-5-9-26(25)35-13-12-32-24-7-3-2-6-23(24)31-27(32)10-11-30-28(33)29-17-20-14-21(18-29)16-22(15-20)19-29/h2-9,20-22H,10-19H2,1H3,(H,30,33). The van der Waals surface area contributed by atoms with Crippen molar-refractivity contribution in [3.63, 3.8) is 0 Å². The maximum absolute atomic E-state index is 13.4. The van der Waals surface area contributed by atoms with Gasteiger partial charge >= 0.3 is 0 Å². The van der Waals surface area contributed by atoms with Crippen LogP contribution >= 0.6 is 0 Å². The van der Waals surface area contributed by atoms with Gasteiger partial charge in [-0.3, -0.25) is 4.79 Å². The van der Waals surface area contributed by atoms with E-state index in [-0.39, 0.29) is 5.41 Å². The lowest BCUT2D eigenvalue weighted by molar-refractivity contribution is -0.146. The van der Waals surface area contributed by atoms with Crippen LogP contribution in [0.4, 0.5) is 0 Å². The Kier molecular flexibility index (Phi) is 5.91. The molecule has 0 aliphatic heterocycles. The number of hydrogen-bond donors (Lipinski definition) is 1. The van der Waals surface area contributed by atoms with Crippen LogP contribution in [0.3, 0.4) is 0 Å². The van der Waals surface area contributed by atoms with E-state index in [1.54, 1.807) is 7.11 Å². The van der Waals surface area contributed by atoms with Crippen molar-refractivity contribution in [2.75, 3.05) is 20.3 Å². The summed E-state index contributed by atoms with van der Waals surface area (Å²) >= 11 is 0. The summed E-state index contributed by atoms with van der Waals surface area (Å²) in [7, 11) is 1.65. The number of nitrogens with zero attached hydrogens (tertiary/aromatic N) is 2. The van der Waals surface area contributed by atoms with Gasteiger partial charge in [-0.15, -0.1) is 0 Å². The Morgan fingerprint density at radius 2 is 1.66 bits per heavy atom. The maximum atomic E-state index is 13.4. The summed E-state index contributed by atoms with van der Waals surface area (Å²) in [4.78, 5) is 18.3. The van der Waals surface area contributed by atoms with Gasteiger partial charge in [0.25, 0.3) is 0 Å². The highest BCUT2D eigenvalue weighted by molar-refractivity contribution is 5.83. The van der Waals surface area contributed by atoms with Gasteiger partial charge in [0.1, 0.15) is 12.4 Å². The number of carbonyl (C=O) groups excluding carboxylic acids is 1. The normalized spacial score (nSPS) is 26.7. The van der Waals surface area contributed by atoms with Crippen molar-refractivity contribution < 1.29 is 14.3 Å². The summed E-state index contributed by atoms with van der Waals surface area (Å²) in [5.41, 5.74) is 1.98. The minimum absolute atomic E-state index is 0.0997. The van der Waals surface area contributed by atoms with Gasteiger partial charge in [-0.05, 0) is 80.5 Å². The van der Waals surface area contributed by atoms with Crippen LogP contribution in [-0.2, 0) is 17.8 Å². The molecule has 7 rings (SSSR count). The molecule has 3 aromatic rings. The fourth-order valence-corrected chi connectivity index (χ4v) is 7.41. The van der Waals surface area contributed by atoms with Crippen LogP contribution in [0.25, 0.3) is 11.0 Å². The van der Waals surface area contributed by atoms with Gasteiger partial charge in [0.15, 0.2) is 11.5 Å². The van der Waals surface area contributed by atoms with E-state index in [1.165, 1.54) is 19.3 Å². The highest BCUT2D eigenvalue weighted by Crippen LogP contribution is 2.60. The van der Waals surface area contributed by atoms with Crippen LogP contribution in [0.15, 0.2) is 48.5 Å². The van der Waals surface area contributed by atoms with Gasteiger partial charge in [0.05, 0.1) is 24.7 Å². The number of hydrogen-bond acceptors (Lipinski definition) is 4. The largest absolute Gasteiger partial charge is 0.493 e. The molecule has 0 atom stereocenters. The number of nitrogens with one attached hydrogen (secondary N) is 1. The SMILES string of the molecule is COc1ccccc1OCCn1c(CCNC(=O)C23CC4CC(CC(C4)C2)C3)nc2ccccc21. The zero-order chi connectivity index (χ0) is 23.8. The number of amides is 1. The predicted octanol–water partition coefficient (Wildman–Crippen LogP) is 5.00. The fourth-order valence-electron chi connectivity index (χ4n) is 7.41. The number of para-hydroxylation sites is 4. The fraction of sp³-hybridized carbons (Fsp3) is 0.517. The van der Waals surface area contributed by atoms with Crippen LogP contribution in [0.5, 0.6) is 11.5 Å². The summed E-state index contributed by atoms with van der Waals surface area (Å²) in [6.45, 7) is 1.81. The van der Waals surface area contributed by atoms with Crippen molar-refractivity contribution in [2.24, 2.45) is 23.2 Å². The van der Waals surface area contributed by atoms with Crippen molar-refractivity contribution in [3.05, 3.63) is 54.4 Å². The third-order valence-electron chi connectivity index (χ3n) is 8.53. The summed E-state index contributed by atoms with van der Waals surface area (Å²) in [5, 5.41) is 3.32. The molecule has 35 heavy (non-hydrogen) atoms. The van der Waals surface area contributed by atoms with Gasteiger partial charge in [-0.25, -0.2) is 4.98 Å². The molecule has 184 valence electrons. The number of methoxy groups -OCH3 is 1. The molecule has 4 fully saturated rings. The first-order chi connectivity index (χ1) is 17.1. The zero-order valence-electron chi connectivity index (χ0n) is 20.5. The van der Waals surface area contributed by atoms with E-state index in [2.05, 4.69) is 16.0 Å². The molecule has 0 unspecified atom stereocenters. The van der Waals surface area contributed by atoms with Crippen LogP contribution in [0.2, 0.25) is 0 Å². The Morgan fingerprint density at radius 3 is 2.37 bits per heavy atom. The first kappa shape index (κ1) is 22.4. The van der Waals surface area contributed by atoms with Crippen LogP contribution in [0.1, 0.15) is 44.3 Å². The van der Waals surface area contributed by atoms with Crippen molar-refractivity contribution in [1.29, 1.82) is 0 Å².